The first kappa shape index (κ1) is 12.0. The van der Waals surface area contributed by atoms with E-state index in [1.54, 1.807) is 6.92 Å². The molecule has 0 aliphatic rings. The minimum atomic E-state index is -1.08. The van der Waals surface area contributed by atoms with Crippen molar-refractivity contribution < 1.29 is 19.4 Å². The standard InChI is InChI=1S/C10H10BrFO3/c1-2-6(10(14)15)7-3-5(12)4-8(11)9(7)13/h3-4,6,13H,2H2,1H3,(H,14,15). The number of phenolic OH excluding ortho intramolecular Hbond substituents is 1. The molecule has 82 valence electrons. The van der Waals surface area contributed by atoms with E-state index >= 15 is 0 Å². The number of hydrogen-bond donors (Lipinski definition) is 2. The van der Waals surface area contributed by atoms with E-state index in [1.807, 2.05) is 0 Å². The lowest BCUT2D eigenvalue weighted by atomic mass is 9.96. The zero-order chi connectivity index (χ0) is 11.6. The Morgan fingerprint density at radius 3 is 2.67 bits per heavy atom. The molecule has 1 atom stereocenters. The van der Waals surface area contributed by atoms with E-state index in [9.17, 15) is 14.3 Å². The summed E-state index contributed by atoms with van der Waals surface area (Å²) in [6.45, 7) is 1.66. The highest BCUT2D eigenvalue weighted by molar-refractivity contribution is 9.10. The van der Waals surface area contributed by atoms with Crippen molar-refractivity contribution in [2.45, 2.75) is 19.3 Å². The van der Waals surface area contributed by atoms with Gasteiger partial charge in [0.25, 0.3) is 0 Å². The fourth-order valence-electron chi connectivity index (χ4n) is 1.38. The molecule has 0 aliphatic carbocycles. The van der Waals surface area contributed by atoms with Crippen LogP contribution in [0.3, 0.4) is 0 Å². The first-order chi connectivity index (χ1) is 6.97. The van der Waals surface area contributed by atoms with Gasteiger partial charge in [-0.2, -0.15) is 0 Å². The molecule has 2 N–H and O–H groups in total. The molecular formula is C10H10BrFO3. The van der Waals surface area contributed by atoms with Crippen LogP contribution in [0.5, 0.6) is 5.75 Å². The van der Waals surface area contributed by atoms with Gasteiger partial charge in [0.1, 0.15) is 11.6 Å². The normalized spacial score (nSPS) is 12.5. The fraction of sp³-hybridized carbons (Fsp3) is 0.300. The van der Waals surface area contributed by atoms with E-state index in [1.165, 1.54) is 0 Å². The molecule has 1 aromatic carbocycles. The molecule has 3 nitrogen and oxygen atoms in total. The number of carboxylic acid groups (broad SMARTS) is 1. The van der Waals surface area contributed by atoms with E-state index in [0.29, 0.717) is 6.42 Å². The number of carboxylic acids is 1. The average molecular weight is 277 g/mol. The Kier molecular flexibility index (Phi) is 3.68. The van der Waals surface area contributed by atoms with Gasteiger partial charge in [-0.3, -0.25) is 4.79 Å². The van der Waals surface area contributed by atoms with Crippen molar-refractivity contribution in [2.24, 2.45) is 0 Å². The van der Waals surface area contributed by atoms with E-state index in [-0.39, 0.29) is 15.8 Å². The van der Waals surface area contributed by atoms with Crippen LogP contribution in [0.15, 0.2) is 16.6 Å². The molecule has 0 bridgehead atoms. The second-order valence-corrected chi connectivity index (χ2v) is 3.98. The van der Waals surface area contributed by atoms with Gasteiger partial charge in [-0.05, 0) is 34.5 Å². The molecule has 1 aromatic rings. The third kappa shape index (κ3) is 2.47. The number of phenols is 1. The van der Waals surface area contributed by atoms with E-state index in [2.05, 4.69) is 15.9 Å². The molecule has 0 aromatic heterocycles. The molecule has 0 saturated carbocycles. The molecule has 0 fully saturated rings. The third-order valence-corrected chi connectivity index (χ3v) is 2.74. The van der Waals surface area contributed by atoms with Crippen molar-refractivity contribution in [1.82, 2.24) is 0 Å². The first-order valence-corrected chi connectivity index (χ1v) is 5.17. The Labute approximate surface area is 94.7 Å². The van der Waals surface area contributed by atoms with Gasteiger partial charge in [-0.25, -0.2) is 4.39 Å². The Hall–Kier alpha value is -1.10. The molecule has 0 aliphatic heterocycles. The topological polar surface area (TPSA) is 57.5 Å². The van der Waals surface area contributed by atoms with Crippen LogP contribution in [0.2, 0.25) is 0 Å². The molecule has 1 unspecified atom stereocenters. The van der Waals surface area contributed by atoms with Crippen molar-refractivity contribution >= 4 is 21.9 Å². The van der Waals surface area contributed by atoms with Crippen LogP contribution >= 0.6 is 15.9 Å². The highest BCUT2D eigenvalue weighted by atomic mass is 79.9. The molecule has 0 saturated heterocycles. The Balaban J connectivity index is 3.28. The zero-order valence-electron chi connectivity index (χ0n) is 8.00. The number of aliphatic carboxylic acids is 1. The number of aromatic hydroxyl groups is 1. The molecule has 0 heterocycles. The van der Waals surface area contributed by atoms with Crippen LogP contribution in [-0.2, 0) is 4.79 Å². The highest BCUT2D eigenvalue weighted by Gasteiger charge is 2.23. The number of hydrogen-bond acceptors (Lipinski definition) is 2. The van der Waals surface area contributed by atoms with Gasteiger partial charge >= 0.3 is 5.97 Å². The number of carbonyl (C=O) groups is 1. The molecule has 5 heteroatoms. The summed E-state index contributed by atoms with van der Waals surface area (Å²) in [6.07, 6.45) is 0.290. The first-order valence-electron chi connectivity index (χ1n) is 4.38. The second-order valence-electron chi connectivity index (χ2n) is 3.12. The minimum absolute atomic E-state index is 0.0943. The van der Waals surface area contributed by atoms with Crippen LogP contribution in [0, 0.1) is 5.82 Å². The van der Waals surface area contributed by atoms with Crippen molar-refractivity contribution in [3.63, 3.8) is 0 Å². The predicted octanol–water partition coefficient (Wildman–Crippen LogP) is 2.87. The summed E-state index contributed by atoms with van der Waals surface area (Å²) in [5.41, 5.74) is 0.0943. The predicted molar refractivity (Wildman–Crippen MR) is 56.4 cm³/mol. The second kappa shape index (κ2) is 4.61. The average Bonchev–Trinajstić information content (AvgIpc) is 2.13. The van der Waals surface area contributed by atoms with Crippen molar-refractivity contribution in [3.8, 4) is 5.75 Å². The summed E-state index contributed by atoms with van der Waals surface area (Å²) in [6, 6.07) is 2.13. The summed E-state index contributed by atoms with van der Waals surface area (Å²) >= 11 is 2.96. The van der Waals surface area contributed by atoms with Crippen molar-refractivity contribution in [1.29, 1.82) is 0 Å². The molecule has 0 amide bonds. The maximum Gasteiger partial charge on any atom is 0.311 e. The van der Waals surface area contributed by atoms with Gasteiger partial charge in [0, 0.05) is 5.56 Å². The lowest BCUT2D eigenvalue weighted by molar-refractivity contribution is -0.138. The van der Waals surface area contributed by atoms with Crippen LogP contribution < -0.4 is 0 Å². The number of halogens is 2. The molecule has 0 radical (unpaired) electrons. The van der Waals surface area contributed by atoms with Crippen LogP contribution in [-0.4, -0.2) is 16.2 Å². The van der Waals surface area contributed by atoms with E-state index in [0.717, 1.165) is 12.1 Å². The lowest BCUT2D eigenvalue weighted by Crippen LogP contribution is -2.11. The minimum Gasteiger partial charge on any atom is -0.506 e. The Morgan fingerprint density at radius 2 is 2.20 bits per heavy atom. The molecule has 1 rings (SSSR count). The Bertz CT molecular complexity index is 392. The number of rotatable bonds is 3. The van der Waals surface area contributed by atoms with Crippen LogP contribution in [0.25, 0.3) is 0 Å². The zero-order valence-corrected chi connectivity index (χ0v) is 9.58. The summed E-state index contributed by atoms with van der Waals surface area (Å²) in [5, 5.41) is 18.5. The molecule has 0 spiro atoms. The monoisotopic (exact) mass is 276 g/mol. The fourth-order valence-corrected chi connectivity index (χ4v) is 1.83. The smallest absolute Gasteiger partial charge is 0.311 e. The summed E-state index contributed by atoms with van der Waals surface area (Å²) in [7, 11) is 0. The molecule has 15 heavy (non-hydrogen) atoms. The van der Waals surface area contributed by atoms with Gasteiger partial charge in [0.2, 0.25) is 0 Å². The maximum absolute atomic E-state index is 13.0. The lowest BCUT2D eigenvalue weighted by Gasteiger charge is -2.13. The molecular weight excluding hydrogens is 267 g/mol. The summed E-state index contributed by atoms with van der Waals surface area (Å²) < 4.78 is 13.2. The van der Waals surface area contributed by atoms with Crippen LogP contribution in [0.1, 0.15) is 24.8 Å². The van der Waals surface area contributed by atoms with E-state index < -0.39 is 17.7 Å². The van der Waals surface area contributed by atoms with Gasteiger partial charge < -0.3 is 10.2 Å². The third-order valence-electron chi connectivity index (χ3n) is 2.14. The van der Waals surface area contributed by atoms with E-state index in [4.69, 9.17) is 5.11 Å². The van der Waals surface area contributed by atoms with Gasteiger partial charge in [0.05, 0.1) is 10.4 Å². The summed E-state index contributed by atoms with van der Waals surface area (Å²) in [5.74, 6) is -2.76. The maximum atomic E-state index is 13.0. The SMILES string of the molecule is CCC(C(=O)O)c1cc(F)cc(Br)c1O. The van der Waals surface area contributed by atoms with Gasteiger partial charge in [-0.15, -0.1) is 0 Å². The van der Waals surface area contributed by atoms with Crippen LogP contribution in [0.4, 0.5) is 4.39 Å². The van der Waals surface area contributed by atoms with Crippen molar-refractivity contribution in [3.05, 3.63) is 28.0 Å². The van der Waals surface area contributed by atoms with Gasteiger partial charge in [-0.1, -0.05) is 6.92 Å². The Morgan fingerprint density at radius 1 is 1.60 bits per heavy atom. The quantitative estimate of drug-likeness (QED) is 0.893. The highest BCUT2D eigenvalue weighted by Crippen LogP contribution is 2.35. The number of benzene rings is 1. The summed E-state index contributed by atoms with van der Waals surface area (Å²) in [4.78, 5) is 10.9. The largest absolute Gasteiger partial charge is 0.506 e. The van der Waals surface area contributed by atoms with Gasteiger partial charge in [0.15, 0.2) is 0 Å². The van der Waals surface area contributed by atoms with Crippen molar-refractivity contribution in [2.75, 3.05) is 0 Å².